The molecule has 0 bridgehead atoms. The van der Waals surface area contributed by atoms with Gasteiger partial charge in [-0.25, -0.2) is 0 Å². The van der Waals surface area contributed by atoms with Gasteiger partial charge in [0.1, 0.15) is 5.75 Å². The average Bonchev–Trinajstić information content (AvgIpc) is 2.26. The molecule has 3 nitrogen and oxygen atoms in total. The van der Waals surface area contributed by atoms with Gasteiger partial charge in [-0.15, -0.1) is 0 Å². The number of methoxy groups -OCH3 is 1. The number of benzene rings is 1. The van der Waals surface area contributed by atoms with Crippen LogP contribution in [0.25, 0.3) is 0 Å². The molecule has 1 aromatic rings. The maximum atomic E-state index is 10.3. The van der Waals surface area contributed by atoms with Gasteiger partial charge in [0.2, 0.25) is 0 Å². The molecule has 1 unspecified atom stereocenters. The molecule has 0 saturated heterocycles. The molecular formula is C14H22BrNO2. The number of nitrogens with one attached hydrogen (secondary N) is 1. The molecule has 0 saturated carbocycles. The standard InChI is InChI=1S/C14H22BrNO2/c1-10(2)16-9-14(3,17)8-11-5-6-13(18-4)12(15)7-11/h5-7,10,16-17H,8-9H2,1-4H3. The van der Waals surface area contributed by atoms with Gasteiger partial charge in [0.15, 0.2) is 0 Å². The van der Waals surface area contributed by atoms with Crippen LogP contribution in [0.1, 0.15) is 26.3 Å². The van der Waals surface area contributed by atoms with E-state index in [-0.39, 0.29) is 0 Å². The molecule has 0 radical (unpaired) electrons. The number of hydrogen-bond donors (Lipinski definition) is 2. The van der Waals surface area contributed by atoms with E-state index in [4.69, 9.17) is 4.74 Å². The van der Waals surface area contributed by atoms with Gasteiger partial charge in [-0.3, -0.25) is 0 Å². The van der Waals surface area contributed by atoms with E-state index in [2.05, 4.69) is 35.1 Å². The fraction of sp³-hybridized carbons (Fsp3) is 0.571. The number of rotatable bonds is 6. The van der Waals surface area contributed by atoms with E-state index in [9.17, 15) is 5.11 Å². The molecule has 0 fully saturated rings. The van der Waals surface area contributed by atoms with E-state index >= 15 is 0 Å². The molecule has 0 aromatic heterocycles. The second-order valence-electron chi connectivity index (χ2n) is 5.18. The highest BCUT2D eigenvalue weighted by atomic mass is 79.9. The number of aliphatic hydroxyl groups is 1. The lowest BCUT2D eigenvalue weighted by atomic mass is 9.96. The van der Waals surface area contributed by atoms with Gasteiger partial charge in [-0.2, -0.15) is 0 Å². The van der Waals surface area contributed by atoms with Crippen molar-refractivity contribution in [3.8, 4) is 5.75 Å². The van der Waals surface area contributed by atoms with Crippen molar-refractivity contribution in [1.29, 1.82) is 0 Å². The van der Waals surface area contributed by atoms with E-state index in [1.807, 2.05) is 25.1 Å². The molecule has 0 heterocycles. The Morgan fingerprint density at radius 1 is 1.44 bits per heavy atom. The van der Waals surface area contributed by atoms with Crippen molar-refractivity contribution < 1.29 is 9.84 Å². The van der Waals surface area contributed by atoms with E-state index in [0.29, 0.717) is 19.0 Å². The summed E-state index contributed by atoms with van der Waals surface area (Å²) in [7, 11) is 1.64. The smallest absolute Gasteiger partial charge is 0.133 e. The van der Waals surface area contributed by atoms with Crippen LogP contribution < -0.4 is 10.1 Å². The first-order valence-corrected chi connectivity index (χ1v) is 6.91. The van der Waals surface area contributed by atoms with Crippen molar-refractivity contribution in [2.24, 2.45) is 0 Å². The lowest BCUT2D eigenvalue weighted by molar-refractivity contribution is 0.0581. The molecule has 4 heteroatoms. The third-order valence-corrected chi connectivity index (χ3v) is 3.31. The van der Waals surface area contributed by atoms with Crippen molar-refractivity contribution >= 4 is 15.9 Å². The third-order valence-electron chi connectivity index (χ3n) is 2.69. The Morgan fingerprint density at radius 3 is 2.61 bits per heavy atom. The monoisotopic (exact) mass is 315 g/mol. The Labute approximate surface area is 118 Å². The normalized spacial score (nSPS) is 14.6. The lowest BCUT2D eigenvalue weighted by Crippen LogP contribution is -2.42. The number of ether oxygens (including phenoxy) is 1. The fourth-order valence-corrected chi connectivity index (χ4v) is 2.33. The van der Waals surface area contributed by atoms with Gasteiger partial charge in [0.05, 0.1) is 17.2 Å². The zero-order valence-corrected chi connectivity index (χ0v) is 13.0. The quantitative estimate of drug-likeness (QED) is 0.848. The van der Waals surface area contributed by atoms with Crippen LogP contribution in [-0.2, 0) is 6.42 Å². The van der Waals surface area contributed by atoms with Gasteiger partial charge in [0.25, 0.3) is 0 Å². The van der Waals surface area contributed by atoms with Crippen LogP contribution in [-0.4, -0.2) is 30.4 Å². The van der Waals surface area contributed by atoms with Crippen LogP contribution in [0.5, 0.6) is 5.75 Å². The van der Waals surface area contributed by atoms with Crippen LogP contribution in [0.4, 0.5) is 0 Å². The van der Waals surface area contributed by atoms with Crippen molar-refractivity contribution in [1.82, 2.24) is 5.32 Å². The molecule has 18 heavy (non-hydrogen) atoms. The lowest BCUT2D eigenvalue weighted by Gasteiger charge is -2.25. The number of halogens is 1. The summed E-state index contributed by atoms with van der Waals surface area (Å²) < 4.78 is 6.10. The van der Waals surface area contributed by atoms with Gasteiger partial charge < -0.3 is 15.2 Å². The maximum absolute atomic E-state index is 10.3. The van der Waals surface area contributed by atoms with Crippen LogP contribution in [0.15, 0.2) is 22.7 Å². The zero-order valence-electron chi connectivity index (χ0n) is 11.5. The molecule has 1 atom stereocenters. The first-order valence-electron chi connectivity index (χ1n) is 6.12. The molecule has 0 aliphatic carbocycles. The van der Waals surface area contributed by atoms with Crippen LogP contribution >= 0.6 is 15.9 Å². The summed E-state index contributed by atoms with van der Waals surface area (Å²) in [6.07, 6.45) is 0.606. The van der Waals surface area contributed by atoms with Gasteiger partial charge in [-0.05, 0) is 40.5 Å². The minimum absolute atomic E-state index is 0.374. The van der Waals surface area contributed by atoms with Crippen LogP contribution in [0.3, 0.4) is 0 Å². The minimum Gasteiger partial charge on any atom is -0.496 e. The van der Waals surface area contributed by atoms with Gasteiger partial charge in [0, 0.05) is 19.0 Å². The maximum Gasteiger partial charge on any atom is 0.133 e. The molecule has 0 aliphatic heterocycles. The Morgan fingerprint density at radius 2 is 2.11 bits per heavy atom. The Hall–Kier alpha value is -0.580. The van der Waals surface area contributed by atoms with Gasteiger partial charge in [-0.1, -0.05) is 19.9 Å². The molecule has 1 rings (SSSR count). The second-order valence-corrected chi connectivity index (χ2v) is 6.03. The Bertz CT molecular complexity index is 391. The summed E-state index contributed by atoms with van der Waals surface area (Å²) in [5.74, 6) is 0.804. The topological polar surface area (TPSA) is 41.5 Å². The average molecular weight is 316 g/mol. The predicted molar refractivity (Wildman–Crippen MR) is 78.2 cm³/mol. The van der Waals surface area contributed by atoms with E-state index in [1.54, 1.807) is 7.11 Å². The SMILES string of the molecule is COc1ccc(CC(C)(O)CNC(C)C)cc1Br. The summed E-state index contributed by atoms with van der Waals surface area (Å²) in [6, 6.07) is 6.25. The highest BCUT2D eigenvalue weighted by Crippen LogP contribution is 2.27. The molecular weight excluding hydrogens is 294 g/mol. The Balaban J connectivity index is 2.68. The molecule has 102 valence electrons. The predicted octanol–water partition coefficient (Wildman–Crippen LogP) is 2.75. The molecule has 1 aromatic carbocycles. The van der Waals surface area contributed by atoms with E-state index in [0.717, 1.165) is 15.8 Å². The van der Waals surface area contributed by atoms with Crippen molar-refractivity contribution in [2.75, 3.05) is 13.7 Å². The highest BCUT2D eigenvalue weighted by molar-refractivity contribution is 9.10. The first kappa shape index (κ1) is 15.5. The van der Waals surface area contributed by atoms with Gasteiger partial charge >= 0.3 is 0 Å². The van der Waals surface area contributed by atoms with E-state index < -0.39 is 5.60 Å². The zero-order chi connectivity index (χ0) is 13.8. The van der Waals surface area contributed by atoms with Crippen molar-refractivity contribution in [3.63, 3.8) is 0 Å². The van der Waals surface area contributed by atoms with Crippen LogP contribution in [0, 0.1) is 0 Å². The highest BCUT2D eigenvalue weighted by Gasteiger charge is 2.21. The Kier molecular flexibility index (Phi) is 5.63. The summed E-state index contributed by atoms with van der Waals surface area (Å²) in [6.45, 7) is 6.56. The van der Waals surface area contributed by atoms with Crippen LogP contribution in [0.2, 0.25) is 0 Å². The third kappa shape index (κ3) is 4.96. The largest absolute Gasteiger partial charge is 0.496 e. The molecule has 0 spiro atoms. The van der Waals surface area contributed by atoms with Crippen molar-refractivity contribution in [2.45, 2.75) is 38.8 Å². The summed E-state index contributed by atoms with van der Waals surface area (Å²) in [4.78, 5) is 0. The summed E-state index contributed by atoms with van der Waals surface area (Å²) in [5.41, 5.74) is 0.330. The van der Waals surface area contributed by atoms with E-state index in [1.165, 1.54) is 0 Å². The summed E-state index contributed by atoms with van der Waals surface area (Å²) in [5, 5.41) is 13.6. The molecule has 0 amide bonds. The first-order chi connectivity index (χ1) is 8.34. The summed E-state index contributed by atoms with van der Waals surface area (Å²) >= 11 is 3.45. The fourth-order valence-electron chi connectivity index (χ4n) is 1.75. The minimum atomic E-state index is -0.752. The van der Waals surface area contributed by atoms with Crippen molar-refractivity contribution in [3.05, 3.63) is 28.2 Å². The second kappa shape index (κ2) is 6.55. The molecule has 0 aliphatic rings. The molecule has 2 N–H and O–H groups in total. The number of hydrogen-bond acceptors (Lipinski definition) is 3.